The molecular weight excluding hydrogens is 230 g/mol. The molecule has 16 heavy (non-hydrogen) atoms. The molecule has 1 N–H and O–H groups in total. The van der Waals surface area contributed by atoms with E-state index in [9.17, 15) is 4.79 Å². The van der Waals surface area contributed by atoms with E-state index in [1.807, 2.05) is 0 Å². The number of carbonyl (C=O) groups excluding carboxylic acids is 1. The highest BCUT2D eigenvalue weighted by Crippen LogP contribution is 2.14. The summed E-state index contributed by atoms with van der Waals surface area (Å²) in [4.78, 5) is 13.4. The Bertz CT molecular complexity index is 378. The second kappa shape index (κ2) is 4.76. The number of carbonyl (C=O) groups is 1. The number of halogens is 1. The molecule has 0 saturated carbocycles. The summed E-state index contributed by atoms with van der Waals surface area (Å²) in [5.41, 5.74) is -0.438. The van der Waals surface area contributed by atoms with E-state index in [4.69, 9.17) is 16.7 Å². The molecule has 0 unspecified atom stereocenters. The summed E-state index contributed by atoms with van der Waals surface area (Å²) in [5, 5.41) is 16.7. The average molecular weight is 244 g/mol. The highest BCUT2D eigenvalue weighted by atomic mass is 35.5. The van der Waals surface area contributed by atoms with Crippen molar-refractivity contribution in [2.75, 3.05) is 13.7 Å². The number of amides is 1. The van der Waals surface area contributed by atoms with Gasteiger partial charge in [-0.1, -0.05) is 11.6 Å². The van der Waals surface area contributed by atoms with Crippen molar-refractivity contribution in [3.05, 3.63) is 23.0 Å². The topological polar surface area (TPSA) is 66.3 Å². The molecule has 0 aliphatic carbocycles. The maximum Gasteiger partial charge on any atom is 0.274 e. The van der Waals surface area contributed by atoms with Crippen molar-refractivity contribution >= 4 is 17.5 Å². The first-order valence-electron chi connectivity index (χ1n) is 4.77. The minimum absolute atomic E-state index is 0.129. The number of hydrogen-bond acceptors (Lipinski definition) is 4. The van der Waals surface area contributed by atoms with Gasteiger partial charge in [0.25, 0.3) is 5.91 Å². The predicted octanol–water partition coefficient (Wildman–Crippen LogP) is 0.973. The van der Waals surface area contributed by atoms with E-state index in [0.29, 0.717) is 0 Å². The summed E-state index contributed by atoms with van der Waals surface area (Å²) in [6.07, 6.45) is 0. The molecule has 1 rings (SSSR count). The van der Waals surface area contributed by atoms with Crippen LogP contribution in [0.4, 0.5) is 0 Å². The van der Waals surface area contributed by atoms with Crippen LogP contribution in [0.2, 0.25) is 5.15 Å². The summed E-state index contributed by atoms with van der Waals surface area (Å²) < 4.78 is 0. The normalized spacial score (nSPS) is 11.3. The van der Waals surface area contributed by atoms with E-state index in [2.05, 4.69) is 10.2 Å². The van der Waals surface area contributed by atoms with Crippen molar-refractivity contribution in [3.8, 4) is 0 Å². The lowest BCUT2D eigenvalue weighted by Crippen LogP contribution is -2.47. The van der Waals surface area contributed by atoms with E-state index < -0.39 is 5.54 Å². The lowest BCUT2D eigenvalue weighted by molar-refractivity contribution is 0.0466. The van der Waals surface area contributed by atoms with Crippen molar-refractivity contribution in [2.45, 2.75) is 19.4 Å². The molecule has 0 aromatic carbocycles. The second-order valence-electron chi connectivity index (χ2n) is 4.08. The maximum atomic E-state index is 11.9. The first-order valence-corrected chi connectivity index (χ1v) is 5.14. The van der Waals surface area contributed by atoms with Crippen molar-refractivity contribution in [3.63, 3.8) is 0 Å². The Labute approximate surface area is 99.0 Å². The third kappa shape index (κ3) is 2.68. The van der Waals surface area contributed by atoms with E-state index in [-0.39, 0.29) is 23.4 Å². The van der Waals surface area contributed by atoms with Crippen molar-refractivity contribution in [1.82, 2.24) is 15.1 Å². The van der Waals surface area contributed by atoms with Crippen LogP contribution >= 0.6 is 11.6 Å². The van der Waals surface area contributed by atoms with E-state index in [1.165, 1.54) is 17.0 Å². The number of rotatable bonds is 3. The molecule has 0 bridgehead atoms. The molecule has 1 aromatic heterocycles. The standard InChI is InChI=1S/C10H14ClN3O2/c1-10(2,6-15)14(3)9(16)7-4-5-8(11)13-12-7/h4-5,15H,6H2,1-3H3. The fourth-order valence-corrected chi connectivity index (χ4v) is 1.08. The highest BCUT2D eigenvalue weighted by Gasteiger charge is 2.28. The minimum atomic E-state index is -0.640. The molecule has 0 radical (unpaired) electrons. The Morgan fingerprint density at radius 2 is 2.12 bits per heavy atom. The van der Waals surface area contributed by atoms with Crippen LogP contribution in [0.3, 0.4) is 0 Å². The highest BCUT2D eigenvalue weighted by molar-refractivity contribution is 6.29. The zero-order valence-corrected chi connectivity index (χ0v) is 10.2. The van der Waals surface area contributed by atoms with Gasteiger partial charge in [0, 0.05) is 7.05 Å². The number of aliphatic hydroxyl groups is 1. The first-order chi connectivity index (χ1) is 7.38. The van der Waals surface area contributed by atoms with Crippen molar-refractivity contribution in [2.24, 2.45) is 0 Å². The third-order valence-electron chi connectivity index (χ3n) is 2.45. The SMILES string of the molecule is CN(C(=O)c1ccc(Cl)nn1)C(C)(C)CO. The monoisotopic (exact) mass is 243 g/mol. The Morgan fingerprint density at radius 1 is 1.50 bits per heavy atom. The summed E-state index contributed by atoms with van der Waals surface area (Å²) in [5.74, 6) is -0.303. The van der Waals surface area contributed by atoms with E-state index in [0.717, 1.165) is 0 Å². The largest absolute Gasteiger partial charge is 0.394 e. The van der Waals surface area contributed by atoms with Crippen LogP contribution in [0.25, 0.3) is 0 Å². The van der Waals surface area contributed by atoms with Gasteiger partial charge in [0.2, 0.25) is 0 Å². The van der Waals surface area contributed by atoms with Gasteiger partial charge in [-0.3, -0.25) is 4.79 Å². The quantitative estimate of drug-likeness (QED) is 0.859. The van der Waals surface area contributed by atoms with Gasteiger partial charge >= 0.3 is 0 Å². The van der Waals surface area contributed by atoms with Gasteiger partial charge in [-0.15, -0.1) is 10.2 Å². The van der Waals surface area contributed by atoms with Crippen molar-refractivity contribution in [1.29, 1.82) is 0 Å². The smallest absolute Gasteiger partial charge is 0.274 e. The number of likely N-dealkylation sites (N-methyl/N-ethyl adjacent to an activating group) is 1. The maximum absolute atomic E-state index is 11.9. The van der Waals surface area contributed by atoms with E-state index in [1.54, 1.807) is 20.9 Å². The minimum Gasteiger partial charge on any atom is -0.394 e. The van der Waals surface area contributed by atoms with Crippen LogP contribution in [-0.2, 0) is 0 Å². The average Bonchev–Trinajstić information content (AvgIpc) is 2.28. The third-order valence-corrected chi connectivity index (χ3v) is 2.65. The summed E-state index contributed by atoms with van der Waals surface area (Å²) in [7, 11) is 1.61. The van der Waals surface area contributed by atoms with Crippen LogP contribution < -0.4 is 0 Å². The molecule has 5 nitrogen and oxygen atoms in total. The molecule has 0 saturated heterocycles. The van der Waals surface area contributed by atoms with Gasteiger partial charge in [-0.25, -0.2) is 0 Å². The lowest BCUT2D eigenvalue weighted by Gasteiger charge is -2.33. The van der Waals surface area contributed by atoms with Crippen LogP contribution in [0.15, 0.2) is 12.1 Å². The number of nitrogens with zero attached hydrogens (tertiary/aromatic N) is 3. The molecule has 0 spiro atoms. The predicted molar refractivity (Wildman–Crippen MR) is 60.3 cm³/mol. The summed E-state index contributed by atoms with van der Waals surface area (Å²) in [6, 6.07) is 3.00. The van der Waals surface area contributed by atoms with E-state index >= 15 is 0 Å². The number of hydrogen-bond donors (Lipinski definition) is 1. The molecule has 0 aliphatic rings. The molecule has 1 heterocycles. The molecule has 0 aliphatic heterocycles. The Morgan fingerprint density at radius 3 is 2.56 bits per heavy atom. The van der Waals surface area contributed by atoms with Crippen LogP contribution in [-0.4, -0.2) is 45.3 Å². The molecule has 1 aromatic rings. The molecule has 0 fully saturated rings. The van der Waals surface area contributed by atoms with Crippen LogP contribution in [0.5, 0.6) is 0 Å². The fourth-order valence-electron chi connectivity index (χ4n) is 0.983. The van der Waals surface area contributed by atoms with Crippen molar-refractivity contribution < 1.29 is 9.90 Å². The van der Waals surface area contributed by atoms with Gasteiger partial charge in [-0.05, 0) is 26.0 Å². The molecule has 1 amide bonds. The van der Waals surface area contributed by atoms with Gasteiger partial charge in [-0.2, -0.15) is 0 Å². The molecular formula is C10H14ClN3O2. The summed E-state index contributed by atoms with van der Waals surface area (Å²) >= 11 is 5.57. The zero-order valence-electron chi connectivity index (χ0n) is 9.44. The van der Waals surface area contributed by atoms with Gasteiger partial charge in [0.1, 0.15) is 0 Å². The van der Waals surface area contributed by atoms with Crippen LogP contribution in [0, 0.1) is 0 Å². The molecule has 6 heteroatoms. The Hall–Kier alpha value is -1.20. The van der Waals surface area contributed by atoms with Gasteiger partial charge in [0.05, 0.1) is 12.1 Å². The number of aromatic nitrogens is 2. The second-order valence-corrected chi connectivity index (χ2v) is 4.46. The molecule has 88 valence electrons. The fraction of sp³-hybridized carbons (Fsp3) is 0.500. The number of aliphatic hydroxyl groups excluding tert-OH is 1. The van der Waals surface area contributed by atoms with Gasteiger partial charge in [0.15, 0.2) is 10.8 Å². The van der Waals surface area contributed by atoms with Gasteiger partial charge < -0.3 is 10.0 Å². The zero-order chi connectivity index (χ0) is 12.3. The Kier molecular flexibility index (Phi) is 3.83. The molecule has 0 atom stereocenters. The first kappa shape index (κ1) is 12.9. The van der Waals surface area contributed by atoms with Crippen LogP contribution in [0.1, 0.15) is 24.3 Å². The Balaban J connectivity index is 2.90. The summed E-state index contributed by atoms with van der Waals surface area (Å²) in [6.45, 7) is 3.39. The lowest BCUT2D eigenvalue weighted by atomic mass is 10.0.